The van der Waals surface area contributed by atoms with Crippen LogP contribution in [-0.4, -0.2) is 56.8 Å². The number of methoxy groups -OCH3 is 1. The van der Waals surface area contributed by atoms with Gasteiger partial charge >= 0.3 is 5.97 Å². The highest BCUT2D eigenvalue weighted by molar-refractivity contribution is 5.95. The third-order valence-corrected chi connectivity index (χ3v) is 4.24. The van der Waals surface area contributed by atoms with Gasteiger partial charge in [-0.05, 0) is 37.1 Å². The smallest absolute Gasteiger partial charge is 0.310 e. The minimum Gasteiger partial charge on any atom is -0.493 e. The predicted molar refractivity (Wildman–Crippen MR) is 93.8 cm³/mol. The van der Waals surface area contributed by atoms with E-state index in [0.29, 0.717) is 38.5 Å². The molecular weight excluding hydrogens is 322 g/mol. The Labute approximate surface area is 149 Å². The van der Waals surface area contributed by atoms with Gasteiger partial charge in [0.2, 0.25) is 0 Å². The Hall–Kier alpha value is -2.08. The average molecular weight is 349 g/mol. The number of carbonyl (C=O) groups excluding carboxylic acids is 2. The molecule has 25 heavy (non-hydrogen) atoms. The first-order chi connectivity index (χ1) is 12.1. The van der Waals surface area contributed by atoms with Gasteiger partial charge in [0, 0.05) is 38.3 Å². The molecule has 1 heterocycles. The van der Waals surface area contributed by atoms with Gasteiger partial charge in [-0.1, -0.05) is 6.92 Å². The number of ether oxygens (including phenoxy) is 3. The number of carbonyl (C=O) groups is 2. The van der Waals surface area contributed by atoms with Gasteiger partial charge in [0.15, 0.2) is 0 Å². The van der Waals surface area contributed by atoms with E-state index in [4.69, 9.17) is 14.2 Å². The lowest BCUT2D eigenvalue weighted by molar-refractivity contribution is -0.145. The molecule has 0 aromatic heterocycles. The van der Waals surface area contributed by atoms with Crippen molar-refractivity contribution in [3.8, 4) is 5.75 Å². The van der Waals surface area contributed by atoms with Crippen LogP contribution in [0.3, 0.4) is 0 Å². The van der Waals surface area contributed by atoms with Crippen LogP contribution in [0.25, 0.3) is 0 Å². The summed E-state index contributed by atoms with van der Waals surface area (Å²) in [6, 6.07) is 5.52. The van der Waals surface area contributed by atoms with Gasteiger partial charge in [-0.3, -0.25) is 9.59 Å². The molecule has 1 atom stereocenters. The van der Waals surface area contributed by atoms with Crippen LogP contribution in [0.15, 0.2) is 18.2 Å². The summed E-state index contributed by atoms with van der Waals surface area (Å²) in [5, 5.41) is 0. The lowest BCUT2D eigenvalue weighted by Crippen LogP contribution is -2.38. The third-order valence-electron chi connectivity index (χ3n) is 4.24. The van der Waals surface area contributed by atoms with Crippen molar-refractivity contribution in [1.29, 1.82) is 0 Å². The van der Waals surface area contributed by atoms with E-state index in [-0.39, 0.29) is 17.8 Å². The number of esters is 1. The predicted octanol–water partition coefficient (Wildman–Crippen LogP) is 2.30. The lowest BCUT2D eigenvalue weighted by atomic mass is 10.1. The number of amides is 1. The summed E-state index contributed by atoms with van der Waals surface area (Å²) in [4.78, 5) is 26.4. The van der Waals surface area contributed by atoms with Gasteiger partial charge in [0.1, 0.15) is 5.75 Å². The summed E-state index contributed by atoms with van der Waals surface area (Å²) >= 11 is 0. The highest BCUT2D eigenvalue weighted by atomic mass is 16.5. The maximum Gasteiger partial charge on any atom is 0.310 e. The fraction of sp³-hybridized carbons (Fsp3) is 0.579. The van der Waals surface area contributed by atoms with E-state index >= 15 is 0 Å². The minimum atomic E-state index is -0.376. The Kier molecular flexibility index (Phi) is 7.25. The molecule has 0 saturated carbocycles. The van der Waals surface area contributed by atoms with Crippen LogP contribution in [-0.2, 0) is 20.7 Å². The zero-order valence-corrected chi connectivity index (χ0v) is 15.2. The van der Waals surface area contributed by atoms with Crippen molar-refractivity contribution in [3.05, 3.63) is 29.3 Å². The van der Waals surface area contributed by atoms with Crippen molar-refractivity contribution < 1.29 is 23.8 Å². The molecule has 1 aromatic rings. The van der Waals surface area contributed by atoms with Crippen molar-refractivity contribution in [3.63, 3.8) is 0 Å². The molecule has 0 aliphatic carbocycles. The fourth-order valence-electron chi connectivity index (χ4n) is 2.89. The Bertz CT molecular complexity index is 601. The molecule has 2 rings (SSSR count). The molecule has 138 valence electrons. The summed E-state index contributed by atoms with van der Waals surface area (Å²) in [6.07, 6.45) is 1.54. The molecule has 0 N–H and O–H groups in total. The summed E-state index contributed by atoms with van der Waals surface area (Å²) in [6.45, 7) is 6.46. The number of fused-ring (bicyclic) bond motifs is 1. The quantitative estimate of drug-likeness (QED) is 0.506. The second kappa shape index (κ2) is 9.42. The largest absolute Gasteiger partial charge is 0.493 e. The maximum absolute atomic E-state index is 12.9. The molecule has 1 aliphatic rings. The van der Waals surface area contributed by atoms with Crippen LogP contribution in [0.4, 0.5) is 0 Å². The van der Waals surface area contributed by atoms with Crippen molar-refractivity contribution in [1.82, 2.24) is 4.90 Å². The maximum atomic E-state index is 12.9. The van der Waals surface area contributed by atoms with E-state index in [9.17, 15) is 9.59 Å². The van der Waals surface area contributed by atoms with Gasteiger partial charge in [-0.2, -0.15) is 0 Å². The van der Waals surface area contributed by atoms with Crippen LogP contribution >= 0.6 is 0 Å². The monoisotopic (exact) mass is 349 g/mol. The van der Waals surface area contributed by atoms with Gasteiger partial charge in [0.05, 0.1) is 19.6 Å². The normalized spacial score (nSPS) is 13.7. The van der Waals surface area contributed by atoms with E-state index in [1.54, 1.807) is 17.9 Å². The van der Waals surface area contributed by atoms with Gasteiger partial charge in [-0.25, -0.2) is 0 Å². The molecule has 6 heteroatoms. The molecule has 1 aromatic carbocycles. The first-order valence-corrected chi connectivity index (χ1v) is 8.77. The summed E-state index contributed by atoms with van der Waals surface area (Å²) < 4.78 is 15.6. The molecular formula is C19H27NO5. The second-order valence-corrected chi connectivity index (χ2v) is 6.15. The zero-order valence-electron chi connectivity index (χ0n) is 15.2. The van der Waals surface area contributed by atoms with Gasteiger partial charge < -0.3 is 19.1 Å². The molecule has 6 nitrogen and oxygen atoms in total. The molecule has 1 aliphatic heterocycles. The van der Waals surface area contributed by atoms with Crippen molar-refractivity contribution in [2.45, 2.75) is 26.7 Å². The van der Waals surface area contributed by atoms with Crippen LogP contribution < -0.4 is 4.74 Å². The molecule has 0 unspecified atom stereocenters. The van der Waals surface area contributed by atoms with Crippen LogP contribution in [0, 0.1) is 5.92 Å². The number of hydrogen-bond donors (Lipinski definition) is 0. The number of hydrogen-bond acceptors (Lipinski definition) is 5. The Morgan fingerprint density at radius 2 is 2.16 bits per heavy atom. The Morgan fingerprint density at radius 3 is 2.88 bits per heavy atom. The highest BCUT2D eigenvalue weighted by Crippen LogP contribution is 2.26. The SMILES string of the molecule is CCOCCCN(C[C@H](C)C(=O)OC)C(=O)c1ccc2c(c1)CCO2. The third kappa shape index (κ3) is 5.19. The summed E-state index contributed by atoms with van der Waals surface area (Å²) in [7, 11) is 1.36. The summed E-state index contributed by atoms with van der Waals surface area (Å²) in [5.41, 5.74) is 1.68. The minimum absolute atomic E-state index is 0.0815. The molecule has 0 fully saturated rings. The van der Waals surface area contributed by atoms with Crippen LogP contribution in [0.2, 0.25) is 0 Å². The fourth-order valence-corrected chi connectivity index (χ4v) is 2.89. The van der Waals surface area contributed by atoms with Gasteiger partial charge in [-0.15, -0.1) is 0 Å². The van der Waals surface area contributed by atoms with Crippen molar-refractivity contribution in [2.24, 2.45) is 5.92 Å². The Morgan fingerprint density at radius 1 is 1.36 bits per heavy atom. The lowest BCUT2D eigenvalue weighted by Gasteiger charge is -2.25. The van der Waals surface area contributed by atoms with Crippen LogP contribution in [0.5, 0.6) is 5.75 Å². The molecule has 0 spiro atoms. The second-order valence-electron chi connectivity index (χ2n) is 6.15. The van der Waals surface area contributed by atoms with Gasteiger partial charge in [0.25, 0.3) is 5.91 Å². The van der Waals surface area contributed by atoms with E-state index in [1.165, 1.54) is 7.11 Å². The van der Waals surface area contributed by atoms with Crippen molar-refractivity contribution in [2.75, 3.05) is 40.0 Å². The zero-order chi connectivity index (χ0) is 18.2. The number of nitrogens with zero attached hydrogens (tertiary/aromatic N) is 1. The standard InChI is InChI=1S/C19H27NO5/c1-4-24-10-5-9-20(13-14(2)19(22)23-3)18(21)16-6-7-17-15(12-16)8-11-25-17/h6-7,12,14H,4-5,8-11,13H2,1-3H3/t14-/m0/s1. The average Bonchev–Trinajstić information content (AvgIpc) is 3.10. The number of benzene rings is 1. The van der Waals surface area contributed by atoms with Crippen LogP contribution in [0.1, 0.15) is 36.2 Å². The van der Waals surface area contributed by atoms with E-state index < -0.39 is 0 Å². The molecule has 0 radical (unpaired) electrons. The number of rotatable bonds is 9. The van der Waals surface area contributed by atoms with Crippen molar-refractivity contribution >= 4 is 11.9 Å². The molecule has 0 saturated heterocycles. The molecule has 0 bridgehead atoms. The first kappa shape index (κ1) is 19.2. The molecule has 1 amide bonds. The van der Waals surface area contributed by atoms with E-state index in [0.717, 1.165) is 24.2 Å². The van der Waals surface area contributed by atoms with E-state index in [2.05, 4.69) is 0 Å². The highest BCUT2D eigenvalue weighted by Gasteiger charge is 2.23. The first-order valence-electron chi connectivity index (χ1n) is 8.77. The van der Waals surface area contributed by atoms with E-state index in [1.807, 2.05) is 19.1 Å². The Balaban J connectivity index is 2.09. The topological polar surface area (TPSA) is 65.1 Å². The summed E-state index contributed by atoms with van der Waals surface area (Å²) in [5.74, 6) is 0.0769.